The fourth-order valence-electron chi connectivity index (χ4n) is 2.97. The summed E-state index contributed by atoms with van der Waals surface area (Å²) in [6.07, 6.45) is -2.68. The Labute approximate surface area is 139 Å². The van der Waals surface area contributed by atoms with E-state index in [2.05, 4.69) is 17.6 Å². The van der Waals surface area contributed by atoms with Crippen LogP contribution in [0.25, 0.3) is 0 Å². The van der Waals surface area contributed by atoms with E-state index in [1.807, 2.05) is 0 Å². The molecular weight excluding hydrogens is 335 g/mol. The van der Waals surface area contributed by atoms with E-state index in [0.717, 1.165) is 30.8 Å². The molecule has 0 aliphatic carbocycles. The van der Waals surface area contributed by atoms with Crippen LogP contribution in [0.2, 0.25) is 0 Å². The van der Waals surface area contributed by atoms with E-state index in [0.29, 0.717) is 6.54 Å². The lowest BCUT2D eigenvalue weighted by Gasteiger charge is -2.34. The number of alkyl halides is 3. The van der Waals surface area contributed by atoms with Gasteiger partial charge in [0.15, 0.2) is 0 Å². The molecule has 1 unspecified atom stereocenters. The molecule has 2 aliphatic heterocycles. The first kappa shape index (κ1) is 20.0. The van der Waals surface area contributed by atoms with Crippen molar-refractivity contribution >= 4 is 24.2 Å². The molecule has 0 radical (unpaired) electrons. The molecule has 5 nitrogen and oxygen atoms in total. The third kappa shape index (κ3) is 5.84. The number of carbonyl (C=O) groups is 2. The Balaban J connectivity index is 0.00000264. The fraction of sp³-hybridized carbons (Fsp3) is 0.857. The maximum absolute atomic E-state index is 12.3. The molecule has 1 atom stereocenters. The number of likely N-dealkylation sites (tertiary alicyclic amines) is 1. The third-order valence-electron chi connectivity index (χ3n) is 4.46. The predicted octanol–water partition coefficient (Wildman–Crippen LogP) is 1.32. The van der Waals surface area contributed by atoms with Crippen LogP contribution in [0.3, 0.4) is 0 Å². The molecule has 2 saturated heterocycles. The maximum atomic E-state index is 12.3. The van der Waals surface area contributed by atoms with Gasteiger partial charge in [-0.1, -0.05) is 6.92 Å². The van der Waals surface area contributed by atoms with E-state index in [9.17, 15) is 22.8 Å². The number of piperidine rings is 1. The van der Waals surface area contributed by atoms with Crippen molar-refractivity contribution in [1.82, 2.24) is 15.5 Å². The van der Waals surface area contributed by atoms with Crippen molar-refractivity contribution in [2.45, 2.75) is 32.4 Å². The number of halogens is 4. The molecule has 2 aliphatic rings. The number of carbonyl (C=O) groups excluding carboxylic acids is 2. The van der Waals surface area contributed by atoms with Gasteiger partial charge in [0.25, 0.3) is 0 Å². The Morgan fingerprint density at radius 2 is 2.00 bits per heavy atom. The zero-order valence-electron chi connectivity index (χ0n) is 13.0. The van der Waals surface area contributed by atoms with Crippen LogP contribution in [0, 0.1) is 11.3 Å². The molecule has 0 aromatic carbocycles. The zero-order chi connectivity index (χ0) is 16.4. The summed E-state index contributed by atoms with van der Waals surface area (Å²) in [6.45, 7) is 2.95. The summed E-state index contributed by atoms with van der Waals surface area (Å²) in [6, 6.07) is 0. The van der Waals surface area contributed by atoms with Gasteiger partial charge in [0.1, 0.15) is 6.54 Å². The van der Waals surface area contributed by atoms with Crippen molar-refractivity contribution < 1.29 is 22.8 Å². The molecule has 2 amide bonds. The second kappa shape index (κ2) is 7.70. The highest BCUT2D eigenvalue weighted by Crippen LogP contribution is 2.28. The van der Waals surface area contributed by atoms with E-state index >= 15 is 0 Å². The Kier molecular flexibility index (Phi) is 6.70. The lowest BCUT2D eigenvalue weighted by atomic mass is 9.81. The molecule has 23 heavy (non-hydrogen) atoms. The lowest BCUT2D eigenvalue weighted by Crippen LogP contribution is -2.44. The minimum atomic E-state index is -4.43. The van der Waals surface area contributed by atoms with Gasteiger partial charge in [-0.25, -0.2) is 0 Å². The first-order valence-electron chi connectivity index (χ1n) is 7.51. The number of hydrogen-bond donors (Lipinski definition) is 2. The topological polar surface area (TPSA) is 61.4 Å². The average Bonchev–Trinajstić information content (AvgIpc) is 2.76. The van der Waals surface area contributed by atoms with E-state index < -0.39 is 24.5 Å². The highest BCUT2D eigenvalue weighted by molar-refractivity contribution is 5.89. The first-order valence-corrected chi connectivity index (χ1v) is 7.51. The molecule has 134 valence electrons. The van der Waals surface area contributed by atoms with E-state index in [-0.39, 0.29) is 36.7 Å². The predicted molar refractivity (Wildman–Crippen MR) is 81.2 cm³/mol. The molecule has 0 aromatic heterocycles. The third-order valence-corrected chi connectivity index (χ3v) is 4.46. The van der Waals surface area contributed by atoms with Crippen molar-refractivity contribution in [2.24, 2.45) is 11.3 Å². The molecule has 2 heterocycles. The molecule has 2 N–H and O–H groups in total. The molecule has 2 fully saturated rings. The number of nitrogens with zero attached hydrogens (tertiary/aromatic N) is 1. The van der Waals surface area contributed by atoms with E-state index in [4.69, 9.17) is 0 Å². The van der Waals surface area contributed by atoms with Crippen molar-refractivity contribution in [2.75, 3.05) is 32.7 Å². The van der Waals surface area contributed by atoms with E-state index in [1.165, 1.54) is 0 Å². The summed E-state index contributed by atoms with van der Waals surface area (Å²) in [5.41, 5.74) is 0.00911. The Bertz CT molecular complexity index is 439. The quantitative estimate of drug-likeness (QED) is 0.798. The van der Waals surface area contributed by atoms with Crippen molar-refractivity contribution in [3.05, 3.63) is 0 Å². The minimum Gasteiger partial charge on any atom is -0.355 e. The first-order chi connectivity index (χ1) is 10.2. The average molecular weight is 358 g/mol. The summed E-state index contributed by atoms with van der Waals surface area (Å²) in [5.74, 6) is -1.61. The van der Waals surface area contributed by atoms with E-state index in [1.54, 1.807) is 0 Å². The summed E-state index contributed by atoms with van der Waals surface area (Å²) in [5, 5.41) is 6.06. The summed E-state index contributed by atoms with van der Waals surface area (Å²) < 4.78 is 37.0. The van der Waals surface area contributed by atoms with Gasteiger partial charge in [-0.3, -0.25) is 9.59 Å². The summed E-state index contributed by atoms with van der Waals surface area (Å²) in [4.78, 5) is 24.4. The van der Waals surface area contributed by atoms with Gasteiger partial charge in [-0.05, 0) is 31.3 Å². The SMILES string of the molecule is CC1(CNC(=O)C2CC(=O)N(CC(F)(F)F)C2)CCNCC1.Cl. The van der Waals surface area contributed by atoms with Gasteiger partial charge >= 0.3 is 6.18 Å². The van der Waals surface area contributed by atoms with Crippen LogP contribution < -0.4 is 10.6 Å². The summed E-state index contributed by atoms with van der Waals surface area (Å²) in [7, 11) is 0. The molecule has 9 heteroatoms. The minimum absolute atomic E-state index is 0. The number of rotatable bonds is 4. The smallest absolute Gasteiger partial charge is 0.355 e. The van der Waals surface area contributed by atoms with Gasteiger partial charge in [-0.15, -0.1) is 12.4 Å². The number of hydrogen-bond acceptors (Lipinski definition) is 3. The van der Waals surface area contributed by atoms with Crippen LogP contribution in [0.1, 0.15) is 26.2 Å². The van der Waals surface area contributed by atoms with Crippen LogP contribution in [-0.4, -0.2) is 55.6 Å². The van der Waals surface area contributed by atoms with Crippen LogP contribution in [-0.2, 0) is 9.59 Å². The lowest BCUT2D eigenvalue weighted by molar-refractivity contribution is -0.157. The number of nitrogens with one attached hydrogen (secondary N) is 2. The van der Waals surface area contributed by atoms with Gasteiger partial charge in [0.2, 0.25) is 11.8 Å². The highest BCUT2D eigenvalue weighted by atomic mass is 35.5. The Morgan fingerprint density at radius 3 is 2.57 bits per heavy atom. The largest absolute Gasteiger partial charge is 0.406 e. The highest BCUT2D eigenvalue weighted by Gasteiger charge is 2.40. The Hall–Kier alpha value is -1.02. The number of amides is 2. The molecule has 0 aromatic rings. The summed E-state index contributed by atoms with van der Waals surface area (Å²) >= 11 is 0. The standard InChI is InChI=1S/C14H22F3N3O2.ClH/c1-13(2-4-18-5-3-13)8-19-12(22)10-6-11(21)20(7-10)9-14(15,16)17;/h10,18H,2-9H2,1H3,(H,19,22);1H. The van der Waals surface area contributed by atoms with Crippen molar-refractivity contribution in [1.29, 1.82) is 0 Å². The van der Waals surface area contributed by atoms with Crippen molar-refractivity contribution in [3.63, 3.8) is 0 Å². The molecule has 2 rings (SSSR count). The second-order valence-corrected chi connectivity index (χ2v) is 6.57. The van der Waals surface area contributed by atoms with Crippen LogP contribution in [0.4, 0.5) is 13.2 Å². The Morgan fingerprint density at radius 1 is 1.39 bits per heavy atom. The molecular formula is C14H23ClF3N3O2. The monoisotopic (exact) mass is 357 g/mol. The normalized spacial score (nSPS) is 24.3. The fourth-order valence-corrected chi connectivity index (χ4v) is 2.97. The zero-order valence-corrected chi connectivity index (χ0v) is 13.9. The maximum Gasteiger partial charge on any atom is 0.406 e. The van der Waals surface area contributed by atoms with Crippen LogP contribution in [0.15, 0.2) is 0 Å². The molecule has 0 saturated carbocycles. The second-order valence-electron chi connectivity index (χ2n) is 6.57. The van der Waals surface area contributed by atoms with Gasteiger partial charge in [-0.2, -0.15) is 13.2 Å². The van der Waals surface area contributed by atoms with Gasteiger partial charge in [0, 0.05) is 19.5 Å². The molecule has 0 bridgehead atoms. The van der Waals surface area contributed by atoms with Crippen molar-refractivity contribution in [3.8, 4) is 0 Å². The van der Waals surface area contributed by atoms with Gasteiger partial charge < -0.3 is 15.5 Å². The van der Waals surface area contributed by atoms with Gasteiger partial charge in [0.05, 0.1) is 5.92 Å². The van der Waals surface area contributed by atoms with Crippen LogP contribution >= 0.6 is 12.4 Å². The van der Waals surface area contributed by atoms with Crippen LogP contribution in [0.5, 0.6) is 0 Å². The molecule has 0 spiro atoms.